The van der Waals surface area contributed by atoms with Crippen LogP contribution in [-0.4, -0.2) is 73.5 Å². The molecule has 56 heavy (non-hydrogen) atoms. The Kier molecular flexibility index (Phi) is 11.0. The summed E-state index contributed by atoms with van der Waals surface area (Å²) >= 11 is 0. The Morgan fingerprint density at radius 1 is 1.02 bits per heavy atom. The summed E-state index contributed by atoms with van der Waals surface area (Å²) in [7, 11) is 0.828. The molecule has 1 saturated heterocycles. The standard InChI is InChI=1S/C44H49N5O6Si/c1-7-24-49-39-22-15-32(45-42(51)31-13-16-33(53-3)17-14-31)26-37(39)44(43(49)52)29(2)41(56(5,6)35-20-18-34(54-4)19-21-35)40(55-44)23-25-48-27-38(46-47-48)36(28-50)30-11-9-8-10-12-30/h7-22,26-27,29,36,40-41,50H,1,23-25,28H2,2-6H3,(H,45,51)/t29-,36?,40+,41-,44+/m0/s1. The number of hydrogen-bond donors (Lipinski definition) is 2. The minimum atomic E-state index is -2.42. The van der Waals surface area contributed by atoms with Gasteiger partial charge in [-0.3, -0.25) is 14.3 Å². The molecule has 2 aliphatic rings. The van der Waals surface area contributed by atoms with Crippen molar-refractivity contribution in [3.63, 3.8) is 0 Å². The van der Waals surface area contributed by atoms with Crippen LogP contribution in [0.2, 0.25) is 18.6 Å². The van der Waals surface area contributed by atoms with E-state index in [9.17, 15) is 14.7 Å². The number of nitrogens with one attached hydrogen (secondary N) is 1. The second-order valence-corrected chi connectivity index (χ2v) is 19.8. The molecule has 0 aliphatic carbocycles. The van der Waals surface area contributed by atoms with Crippen molar-refractivity contribution in [1.82, 2.24) is 15.0 Å². The number of fused-ring (bicyclic) bond motifs is 2. The van der Waals surface area contributed by atoms with Gasteiger partial charge >= 0.3 is 0 Å². The zero-order chi connectivity index (χ0) is 39.6. The highest BCUT2D eigenvalue weighted by molar-refractivity contribution is 6.91. The number of amides is 2. The number of aromatic nitrogens is 3. The highest BCUT2D eigenvalue weighted by Crippen LogP contribution is 2.60. The molecule has 7 rings (SSSR count). The lowest BCUT2D eigenvalue weighted by molar-refractivity contribution is -0.145. The molecule has 2 N–H and O–H groups in total. The lowest BCUT2D eigenvalue weighted by atomic mass is 9.82. The zero-order valence-electron chi connectivity index (χ0n) is 32.5. The normalized spacial score (nSPS) is 20.9. The summed E-state index contributed by atoms with van der Waals surface area (Å²) in [4.78, 5) is 30.1. The second kappa shape index (κ2) is 15.9. The van der Waals surface area contributed by atoms with Gasteiger partial charge in [0.25, 0.3) is 11.8 Å². The number of ether oxygens (including phenoxy) is 3. The third-order valence-corrected chi connectivity index (χ3v) is 16.1. The van der Waals surface area contributed by atoms with Crippen molar-refractivity contribution >= 4 is 36.4 Å². The Hall–Kier alpha value is -5.56. The smallest absolute Gasteiger partial charge is 0.264 e. The third-order valence-electron chi connectivity index (χ3n) is 11.7. The number of nitrogens with zero attached hydrogens (tertiary/aromatic N) is 4. The van der Waals surface area contributed by atoms with Gasteiger partial charge in [0.05, 0.1) is 52.3 Å². The summed E-state index contributed by atoms with van der Waals surface area (Å²) in [5.74, 6) is 0.486. The number of aliphatic hydroxyl groups excluding tert-OH is 1. The largest absolute Gasteiger partial charge is 0.497 e. The molecule has 3 heterocycles. The van der Waals surface area contributed by atoms with Crippen LogP contribution in [0.4, 0.5) is 11.4 Å². The summed E-state index contributed by atoms with van der Waals surface area (Å²) in [6.45, 7) is 11.5. The van der Waals surface area contributed by atoms with E-state index in [1.54, 1.807) is 54.1 Å². The van der Waals surface area contributed by atoms with Crippen LogP contribution >= 0.6 is 0 Å². The van der Waals surface area contributed by atoms with Crippen LogP contribution in [0.5, 0.6) is 11.5 Å². The van der Waals surface area contributed by atoms with Crippen LogP contribution < -0.4 is 24.9 Å². The molecule has 0 saturated carbocycles. The minimum Gasteiger partial charge on any atom is -0.497 e. The number of aliphatic hydroxyl groups is 1. The molecule has 0 bridgehead atoms. The van der Waals surface area contributed by atoms with Crippen LogP contribution in [0.3, 0.4) is 0 Å². The van der Waals surface area contributed by atoms with E-state index in [4.69, 9.17) is 14.2 Å². The molecule has 4 aromatic carbocycles. The molecule has 12 heteroatoms. The van der Waals surface area contributed by atoms with E-state index >= 15 is 0 Å². The Morgan fingerprint density at radius 2 is 1.70 bits per heavy atom. The number of rotatable bonds is 14. The van der Waals surface area contributed by atoms with Gasteiger partial charge in [0, 0.05) is 42.0 Å². The summed E-state index contributed by atoms with van der Waals surface area (Å²) in [5, 5.41) is 23.5. The first-order valence-electron chi connectivity index (χ1n) is 19.0. The molecule has 1 fully saturated rings. The van der Waals surface area contributed by atoms with Crippen molar-refractivity contribution in [3.8, 4) is 11.5 Å². The highest BCUT2D eigenvalue weighted by atomic mass is 28.3. The number of anilines is 2. The van der Waals surface area contributed by atoms with E-state index in [-0.39, 0.29) is 41.9 Å². The monoisotopic (exact) mass is 771 g/mol. The molecule has 11 nitrogen and oxygen atoms in total. The highest BCUT2D eigenvalue weighted by Gasteiger charge is 2.66. The molecule has 1 unspecified atom stereocenters. The quantitative estimate of drug-likeness (QED) is 0.0967. The molecule has 5 atom stereocenters. The van der Waals surface area contributed by atoms with Crippen molar-refractivity contribution in [2.24, 2.45) is 5.92 Å². The maximum absolute atomic E-state index is 15.0. The second-order valence-electron chi connectivity index (χ2n) is 15.1. The Morgan fingerprint density at radius 3 is 2.34 bits per heavy atom. The Bertz CT molecular complexity index is 2190. The maximum Gasteiger partial charge on any atom is 0.264 e. The molecule has 1 spiro atoms. The van der Waals surface area contributed by atoms with E-state index in [0.29, 0.717) is 42.2 Å². The van der Waals surface area contributed by atoms with E-state index in [2.05, 4.69) is 54.4 Å². The van der Waals surface area contributed by atoms with Crippen LogP contribution in [0.15, 0.2) is 116 Å². The van der Waals surface area contributed by atoms with Gasteiger partial charge in [0.15, 0.2) is 5.60 Å². The topological polar surface area (TPSA) is 128 Å². The van der Waals surface area contributed by atoms with Crippen LogP contribution in [0, 0.1) is 5.92 Å². The zero-order valence-corrected chi connectivity index (χ0v) is 33.5. The lowest BCUT2D eigenvalue weighted by Crippen LogP contribution is -2.51. The number of hydrogen-bond acceptors (Lipinski definition) is 8. The molecule has 0 radical (unpaired) electrons. The van der Waals surface area contributed by atoms with Gasteiger partial charge in [-0.05, 0) is 72.1 Å². The average molecular weight is 772 g/mol. The van der Waals surface area contributed by atoms with Crippen molar-refractivity contribution in [2.45, 2.75) is 56.1 Å². The van der Waals surface area contributed by atoms with E-state index in [1.807, 2.05) is 66.9 Å². The molecule has 1 aromatic heterocycles. The number of aryl methyl sites for hydroxylation is 1. The number of carbonyl (C=O) groups excluding carboxylic acids is 2. The first kappa shape index (κ1) is 38.7. The molecule has 5 aromatic rings. The summed E-state index contributed by atoms with van der Waals surface area (Å²) in [5.41, 5.74) is 2.84. The first-order valence-corrected chi connectivity index (χ1v) is 22.0. The molecular formula is C44H49N5O6Si. The molecular weight excluding hydrogens is 723 g/mol. The predicted octanol–water partition coefficient (Wildman–Crippen LogP) is 6.51. The van der Waals surface area contributed by atoms with E-state index < -0.39 is 13.7 Å². The summed E-state index contributed by atoms with van der Waals surface area (Å²) in [6.07, 6.45) is 3.85. The fraction of sp³-hybridized carbons (Fsp3) is 0.318. The van der Waals surface area contributed by atoms with Gasteiger partial charge in [-0.15, -0.1) is 11.7 Å². The molecule has 2 aliphatic heterocycles. The number of carbonyl (C=O) groups is 2. The van der Waals surface area contributed by atoms with Crippen LogP contribution in [0.1, 0.15) is 46.4 Å². The SMILES string of the molecule is C=CCN1C(=O)[C@]2(O[C@H](CCn3cc(C(CO)c4ccccc4)nn3)[C@@H]([Si](C)(C)c3ccc(OC)cc3)[C@@H]2C)c2cc(NC(=O)c3ccc(OC)cc3)ccc21. The van der Waals surface area contributed by atoms with Crippen molar-refractivity contribution in [3.05, 3.63) is 138 Å². The van der Waals surface area contributed by atoms with Gasteiger partial charge < -0.3 is 29.5 Å². The summed E-state index contributed by atoms with van der Waals surface area (Å²) < 4.78 is 19.9. The minimum absolute atomic E-state index is 0.00794. The van der Waals surface area contributed by atoms with Gasteiger partial charge in [-0.25, -0.2) is 0 Å². The maximum atomic E-state index is 15.0. The molecule has 290 valence electrons. The Labute approximate surface area is 328 Å². The van der Waals surface area contributed by atoms with E-state index in [0.717, 1.165) is 22.6 Å². The van der Waals surface area contributed by atoms with Crippen LogP contribution in [-0.2, 0) is 21.7 Å². The third kappa shape index (κ3) is 6.93. The van der Waals surface area contributed by atoms with Crippen molar-refractivity contribution < 1.29 is 28.9 Å². The fourth-order valence-electron chi connectivity index (χ4n) is 8.81. The first-order chi connectivity index (χ1) is 27.0. The van der Waals surface area contributed by atoms with E-state index in [1.165, 1.54) is 5.19 Å². The number of methoxy groups -OCH3 is 2. The Balaban J connectivity index is 1.25. The lowest BCUT2D eigenvalue weighted by Gasteiger charge is -2.37. The fourth-order valence-corrected chi connectivity index (χ4v) is 12.9. The van der Waals surface area contributed by atoms with Crippen molar-refractivity contribution in [1.29, 1.82) is 0 Å². The van der Waals surface area contributed by atoms with Gasteiger partial charge in [0.2, 0.25) is 0 Å². The number of benzene rings is 4. The summed E-state index contributed by atoms with van der Waals surface area (Å²) in [6, 6.07) is 30.6. The van der Waals surface area contributed by atoms with Crippen LogP contribution in [0.25, 0.3) is 0 Å². The van der Waals surface area contributed by atoms with Crippen molar-refractivity contribution in [2.75, 3.05) is 37.6 Å². The van der Waals surface area contributed by atoms with Gasteiger partial charge in [0.1, 0.15) is 11.5 Å². The molecule has 2 amide bonds. The van der Waals surface area contributed by atoms with Gasteiger partial charge in [-0.1, -0.05) is 79.0 Å². The average Bonchev–Trinajstić information content (AvgIpc) is 3.88. The predicted molar refractivity (Wildman–Crippen MR) is 220 cm³/mol. The van der Waals surface area contributed by atoms with Gasteiger partial charge in [-0.2, -0.15) is 0 Å².